The molecule has 0 aliphatic heterocycles. The van der Waals surface area contributed by atoms with Gasteiger partial charge >= 0.3 is 0 Å². The lowest BCUT2D eigenvalue weighted by molar-refractivity contribution is -0.193. The van der Waals surface area contributed by atoms with E-state index in [0.29, 0.717) is 29.1 Å². The Morgan fingerprint density at radius 3 is 2.38 bits per heavy atom. The fourth-order valence-electron chi connectivity index (χ4n) is 8.54. The van der Waals surface area contributed by atoms with Crippen LogP contribution in [-0.4, -0.2) is 35.1 Å². The lowest BCUT2D eigenvalue weighted by Crippen LogP contribution is -2.60. The number of aliphatic hydroxyl groups is 2. The lowest BCUT2D eigenvalue weighted by Gasteiger charge is -2.63. The van der Waals surface area contributed by atoms with Gasteiger partial charge in [0.2, 0.25) is 0 Å². The molecule has 0 aromatic rings. The smallest absolute Gasteiger partial charge is 0.0634 e. The summed E-state index contributed by atoms with van der Waals surface area (Å²) in [5.74, 6) is 3.21. The molecule has 4 fully saturated rings. The number of ether oxygens (including phenoxy) is 1. The van der Waals surface area contributed by atoms with Crippen molar-refractivity contribution in [2.75, 3.05) is 7.11 Å². The van der Waals surface area contributed by atoms with Crippen molar-refractivity contribution in [1.82, 2.24) is 0 Å². The van der Waals surface area contributed by atoms with E-state index in [-0.39, 0.29) is 17.6 Å². The van der Waals surface area contributed by atoms with Gasteiger partial charge in [0.25, 0.3) is 0 Å². The molecular formula is C23H40O3. The van der Waals surface area contributed by atoms with Crippen molar-refractivity contribution in [3.63, 3.8) is 0 Å². The third kappa shape index (κ3) is 2.56. The summed E-state index contributed by atoms with van der Waals surface area (Å²) >= 11 is 0. The molecule has 0 aromatic carbocycles. The normalized spacial score (nSPS) is 57.8. The molecule has 0 radical (unpaired) electrons. The van der Waals surface area contributed by atoms with Crippen molar-refractivity contribution < 1.29 is 14.9 Å². The molecule has 4 saturated carbocycles. The van der Waals surface area contributed by atoms with Gasteiger partial charge in [0.1, 0.15) is 0 Å². The van der Waals surface area contributed by atoms with Gasteiger partial charge in [-0.25, -0.2) is 0 Å². The molecule has 0 heterocycles. The second-order valence-electron chi connectivity index (χ2n) is 11.1. The van der Waals surface area contributed by atoms with Gasteiger partial charge in [-0.2, -0.15) is 0 Å². The van der Waals surface area contributed by atoms with Crippen molar-refractivity contribution in [3.05, 3.63) is 0 Å². The molecule has 10 atom stereocenters. The topological polar surface area (TPSA) is 49.7 Å². The van der Waals surface area contributed by atoms with Gasteiger partial charge in [-0.3, -0.25) is 0 Å². The van der Waals surface area contributed by atoms with Crippen LogP contribution in [0.2, 0.25) is 0 Å². The molecule has 2 N–H and O–H groups in total. The zero-order valence-electron chi connectivity index (χ0n) is 17.5. The zero-order chi connectivity index (χ0) is 18.9. The minimum absolute atomic E-state index is 0.118. The number of aliphatic hydroxyl groups excluding tert-OH is 1. The van der Waals surface area contributed by atoms with E-state index in [9.17, 15) is 10.2 Å². The number of rotatable bonds is 2. The summed E-state index contributed by atoms with van der Waals surface area (Å²) in [5.41, 5.74) is 0.00521. The highest BCUT2D eigenvalue weighted by atomic mass is 16.5. The Morgan fingerprint density at radius 2 is 1.73 bits per heavy atom. The molecule has 3 nitrogen and oxygen atoms in total. The summed E-state index contributed by atoms with van der Waals surface area (Å²) in [6.45, 7) is 8.98. The number of methoxy groups -OCH3 is 1. The molecular weight excluding hydrogens is 324 g/mol. The first-order valence-corrected chi connectivity index (χ1v) is 11.1. The Hall–Kier alpha value is -0.120. The molecule has 0 bridgehead atoms. The van der Waals surface area contributed by atoms with Gasteiger partial charge in [0.15, 0.2) is 0 Å². The lowest BCUT2D eigenvalue weighted by atomic mass is 9.43. The van der Waals surface area contributed by atoms with Crippen molar-refractivity contribution >= 4 is 0 Å². The van der Waals surface area contributed by atoms with Gasteiger partial charge in [0, 0.05) is 12.5 Å². The summed E-state index contributed by atoms with van der Waals surface area (Å²) in [5, 5.41) is 21.1. The maximum Gasteiger partial charge on any atom is 0.0634 e. The van der Waals surface area contributed by atoms with Crippen LogP contribution in [0.4, 0.5) is 0 Å². The van der Waals surface area contributed by atoms with Crippen molar-refractivity contribution in [2.45, 2.75) is 96.9 Å². The van der Waals surface area contributed by atoms with E-state index < -0.39 is 5.60 Å². The predicted molar refractivity (Wildman–Crippen MR) is 104 cm³/mol. The van der Waals surface area contributed by atoms with Crippen LogP contribution in [0.25, 0.3) is 0 Å². The molecule has 0 saturated heterocycles. The Morgan fingerprint density at radius 1 is 1.00 bits per heavy atom. The predicted octanol–water partition coefficient (Wildman–Crippen LogP) is 4.40. The highest BCUT2D eigenvalue weighted by Gasteiger charge is 2.64. The van der Waals surface area contributed by atoms with Crippen LogP contribution in [0.1, 0.15) is 79.1 Å². The Balaban J connectivity index is 1.67. The molecule has 0 spiro atoms. The van der Waals surface area contributed by atoms with Crippen LogP contribution in [0.15, 0.2) is 0 Å². The SMILES string of the molecule is CO[C@@H]1C[C@H]2[C@@H](CC[C@H]3C[C@](C)(O)CC[C@@]32C)[C@@H]2CC[C@H](C(C)O)[C@@]12C. The first-order valence-electron chi connectivity index (χ1n) is 11.1. The molecule has 4 rings (SSSR count). The standard InChI is InChI=1S/C23H40O3/c1-14(24)17-8-9-18-16-7-6-15-13-21(2,25)10-11-22(15,3)19(16)12-20(26-5)23(17,18)4/h14-20,24-25H,6-13H2,1-5H3/t14?,15-,16-,17+,18-,19-,20+,21+,22-,23+/m0/s1. The van der Waals surface area contributed by atoms with Gasteiger partial charge < -0.3 is 14.9 Å². The van der Waals surface area contributed by atoms with Crippen LogP contribution in [-0.2, 0) is 4.74 Å². The van der Waals surface area contributed by atoms with E-state index >= 15 is 0 Å². The molecule has 4 aliphatic carbocycles. The second-order valence-corrected chi connectivity index (χ2v) is 11.1. The minimum atomic E-state index is -0.467. The Bertz CT molecular complexity index is 544. The van der Waals surface area contributed by atoms with Gasteiger partial charge in [0.05, 0.1) is 17.8 Å². The molecule has 3 heteroatoms. The van der Waals surface area contributed by atoms with Gasteiger partial charge in [-0.1, -0.05) is 13.8 Å². The highest BCUT2D eigenvalue weighted by molar-refractivity contribution is 5.13. The first-order chi connectivity index (χ1) is 12.1. The molecule has 1 unspecified atom stereocenters. The Kier molecular flexibility index (Phi) is 4.57. The van der Waals surface area contributed by atoms with Crippen LogP contribution in [0, 0.1) is 40.4 Å². The second kappa shape index (κ2) is 6.19. The van der Waals surface area contributed by atoms with E-state index in [2.05, 4.69) is 13.8 Å². The third-order valence-corrected chi connectivity index (χ3v) is 9.97. The summed E-state index contributed by atoms with van der Waals surface area (Å²) in [4.78, 5) is 0. The zero-order valence-corrected chi connectivity index (χ0v) is 17.5. The quantitative estimate of drug-likeness (QED) is 0.763. The molecule has 26 heavy (non-hydrogen) atoms. The number of fused-ring (bicyclic) bond motifs is 5. The molecule has 0 aromatic heterocycles. The summed E-state index contributed by atoms with van der Waals surface area (Å²) < 4.78 is 6.14. The van der Waals surface area contributed by atoms with Crippen molar-refractivity contribution in [1.29, 1.82) is 0 Å². The third-order valence-electron chi connectivity index (χ3n) is 9.97. The van der Waals surface area contributed by atoms with Gasteiger partial charge in [-0.05, 0) is 100 Å². The molecule has 150 valence electrons. The molecule has 4 aliphatic rings. The summed E-state index contributed by atoms with van der Waals surface area (Å²) in [6.07, 6.45) is 9.23. The van der Waals surface area contributed by atoms with Crippen LogP contribution in [0.3, 0.4) is 0 Å². The fraction of sp³-hybridized carbons (Fsp3) is 1.00. The monoisotopic (exact) mass is 364 g/mol. The van der Waals surface area contributed by atoms with Gasteiger partial charge in [-0.15, -0.1) is 0 Å². The average molecular weight is 365 g/mol. The molecule has 0 amide bonds. The van der Waals surface area contributed by atoms with E-state index in [1.54, 1.807) is 0 Å². The largest absolute Gasteiger partial charge is 0.393 e. The van der Waals surface area contributed by atoms with Crippen LogP contribution >= 0.6 is 0 Å². The highest BCUT2D eigenvalue weighted by Crippen LogP contribution is 2.68. The van der Waals surface area contributed by atoms with Crippen LogP contribution in [0.5, 0.6) is 0 Å². The van der Waals surface area contributed by atoms with E-state index in [0.717, 1.165) is 38.0 Å². The van der Waals surface area contributed by atoms with E-state index in [1.165, 1.54) is 19.3 Å². The maximum atomic E-state index is 10.7. The van der Waals surface area contributed by atoms with Crippen molar-refractivity contribution in [3.8, 4) is 0 Å². The number of hydrogen-bond donors (Lipinski definition) is 2. The number of hydrogen-bond acceptors (Lipinski definition) is 3. The van der Waals surface area contributed by atoms with Crippen LogP contribution < -0.4 is 0 Å². The minimum Gasteiger partial charge on any atom is -0.393 e. The summed E-state index contributed by atoms with van der Waals surface area (Å²) in [7, 11) is 1.89. The van der Waals surface area contributed by atoms with E-state index in [4.69, 9.17) is 4.74 Å². The fourth-order valence-corrected chi connectivity index (χ4v) is 8.54. The maximum absolute atomic E-state index is 10.7. The Labute approximate surface area is 159 Å². The van der Waals surface area contributed by atoms with E-state index in [1.807, 2.05) is 21.0 Å². The first kappa shape index (κ1) is 19.2. The van der Waals surface area contributed by atoms with Crippen molar-refractivity contribution in [2.24, 2.45) is 40.4 Å². The summed E-state index contributed by atoms with van der Waals surface area (Å²) in [6, 6.07) is 0. The average Bonchev–Trinajstić information content (AvgIpc) is 2.93.